The van der Waals surface area contributed by atoms with Crippen LogP contribution in [0.4, 0.5) is 0 Å². The smallest absolute Gasteiger partial charge is 0.258 e. The molecule has 0 saturated heterocycles. The van der Waals surface area contributed by atoms with Crippen molar-refractivity contribution in [1.82, 2.24) is 19.9 Å². The lowest BCUT2D eigenvalue weighted by Gasteiger charge is -2.23. The summed E-state index contributed by atoms with van der Waals surface area (Å²) in [5.74, 6) is 0.647. The van der Waals surface area contributed by atoms with Crippen molar-refractivity contribution in [2.24, 2.45) is 5.92 Å². The van der Waals surface area contributed by atoms with Gasteiger partial charge >= 0.3 is 0 Å². The minimum Gasteiger partial charge on any atom is -0.383 e. The summed E-state index contributed by atoms with van der Waals surface area (Å²) < 4.78 is 6.68. The van der Waals surface area contributed by atoms with Gasteiger partial charge in [-0.2, -0.15) is 0 Å². The van der Waals surface area contributed by atoms with Crippen LogP contribution in [0.2, 0.25) is 0 Å². The molecule has 7 nitrogen and oxygen atoms in total. The van der Waals surface area contributed by atoms with Crippen molar-refractivity contribution in [3.8, 4) is 0 Å². The first-order valence-electron chi connectivity index (χ1n) is 10.9. The van der Waals surface area contributed by atoms with Crippen LogP contribution in [0.25, 0.3) is 21.8 Å². The number of aromatic amines is 1. The number of H-pyrrole nitrogens is 1. The average molecular weight is 433 g/mol. The number of carbonyl (C=O) groups excluding carboxylic acids is 1. The van der Waals surface area contributed by atoms with E-state index >= 15 is 0 Å². The van der Waals surface area contributed by atoms with E-state index in [9.17, 15) is 9.59 Å². The molecule has 0 aliphatic carbocycles. The number of amides is 1. The zero-order chi connectivity index (χ0) is 22.7. The van der Waals surface area contributed by atoms with Crippen LogP contribution in [-0.2, 0) is 11.3 Å². The van der Waals surface area contributed by atoms with E-state index in [0.717, 1.165) is 23.3 Å². The normalized spacial score (nSPS) is 13.3. The Morgan fingerprint density at radius 3 is 2.59 bits per heavy atom. The van der Waals surface area contributed by atoms with Gasteiger partial charge in [-0.05, 0) is 24.1 Å². The maximum Gasteiger partial charge on any atom is 0.258 e. The van der Waals surface area contributed by atoms with Crippen LogP contribution < -0.4 is 10.9 Å². The number of imidazole rings is 1. The molecule has 0 unspecified atom stereocenters. The van der Waals surface area contributed by atoms with E-state index < -0.39 is 0 Å². The van der Waals surface area contributed by atoms with Crippen LogP contribution in [0.5, 0.6) is 0 Å². The molecule has 2 aromatic heterocycles. The van der Waals surface area contributed by atoms with Gasteiger partial charge in [-0.25, -0.2) is 4.98 Å². The van der Waals surface area contributed by atoms with Crippen LogP contribution in [0, 0.1) is 5.92 Å². The summed E-state index contributed by atoms with van der Waals surface area (Å²) in [5.41, 5.74) is 2.12. The molecule has 32 heavy (non-hydrogen) atoms. The topological polar surface area (TPSA) is 89.0 Å². The zero-order valence-electron chi connectivity index (χ0n) is 18.6. The molecule has 2 N–H and O–H groups in total. The molecular weight excluding hydrogens is 404 g/mol. The summed E-state index contributed by atoms with van der Waals surface area (Å²) >= 11 is 0. The lowest BCUT2D eigenvalue weighted by Crippen LogP contribution is -2.34. The average Bonchev–Trinajstić information content (AvgIpc) is 3.25. The lowest BCUT2D eigenvalue weighted by atomic mass is 9.97. The Bertz CT molecular complexity index is 1270. The summed E-state index contributed by atoms with van der Waals surface area (Å²) in [4.78, 5) is 34.5. The van der Waals surface area contributed by atoms with Gasteiger partial charge in [0.2, 0.25) is 0 Å². The Morgan fingerprint density at radius 1 is 1.16 bits per heavy atom. The number of hydrogen-bond donors (Lipinski definition) is 2. The molecule has 7 heteroatoms. The summed E-state index contributed by atoms with van der Waals surface area (Å²) in [6, 6.07) is 14.7. The van der Waals surface area contributed by atoms with E-state index in [2.05, 4.69) is 24.1 Å². The maximum atomic E-state index is 13.5. The number of para-hydroxylation sites is 2. The molecular formula is C25H28N4O3. The second-order valence-corrected chi connectivity index (χ2v) is 8.06. The summed E-state index contributed by atoms with van der Waals surface area (Å²) in [5, 5.41) is 4.33. The SMILES string of the molecule is CC[C@H](C)[C@H](NC(=O)c1cn(CCOC)c(=O)c2ccccc12)c1nc2ccccc2[nH]1. The van der Waals surface area contributed by atoms with Crippen LogP contribution in [0.3, 0.4) is 0 Å². The van der Waals surface area contributed by atoms with Crippen molar-refractivity contribution in [3.63, 3.8) is 0 Å². The summed E-state index contributed by atoms with van der Waals surface area (Å²) in [6.07, 6.45) is 2.50. The molecule has 0 aliphatic rings. The van der Waals surface area contributed by atoms with E-state index in [1.807, 2.05) is 42.5 Å². The number of ether oxygens (including phenoxy) is 1. The fourth-order valence-corrected chi connectivity index (χ4v) is 3.93. The second-order valence-electron chi connectivity index (χ2n) is 8.06. The molecule has 2 atom stereocenters. The maximum absolute atomic E-state index is 13.5. The highest BCUT2D eigenvalue weighted by Crippen LogP contribution is 2.26. The van der Waals surface area contributed by atoms with E-state index in [1.165, 1.54) is 0 Å². The van der Waals surface area contributed by atoms with Crippen molar-refractivity contribution in [2.45, 2.75) is 32.9 Å². The molecule has 4 rings (SSSR count). The molecule has 0 bridgehead atoms. The molecule has 0 radical (unpaired) electrons. The van der Waals surface area contributed by atoms with Crippen LogP contribution >= 0.6 is 0 Å². The quantitative estimate of drug-likeness (QED) is 0.440. The van der Waals surface area contributed by atoms with Crippen molar-refractivity contribution in [1.29, 1.82) is 0 Å². The predicted octanol–water partition coefficient (Wildman–Crippen LogP) is 4.04. The van der Waals surface area contributed by atoms with Crippen molar-refractivity contribution < 1.29 is 9.53 Å². The molecule has 2 heterocycles. The highest BCUT2D eigenvalue weighted by Gasteiger charge is 2.25. The molecule has 2 aromatic carbocycles. The number of pyridine rings is 1. The number of carbonyl (C=O) groups is 1. The standard InChI is InChI=1S/C25H28N4O3/c1-4-16(2)22(23-26-20-11-7-8-12-21(20)27-23)28-24(30)19-15-29(13-14-32-3)25(31)18-10-6-5-9-17(18)19/h5-12,15-16,22H,4,13-14H2,1-3H3,(H,26,27)(H,28,30)/t16-,22-/m0/s1. The Morgan fingerprint density at radius 2 is 1.88 bits per heavy atom. The Labute approximate surface area is 186 Å². The highest BCUT2D eigenvalue weighted by molar-refractivity contribution is 6.06. The number of fused-ring (bicyclic) bond motifs is 2. The Hall–Kier alpha value is -3.45. The van der Waals surface area contributed by atoms with Crippen LogP contribution in [0.15, 0.2) is 59.5 Å². The van der Waals surface area contributed by atoms with E-state index in [1.54, 1.807) is 23.9 Å². The van der Waals surface area contributed by atoms with Gasteiger partial charge in [0.05, 0.1) is 29.2 Å². The van der Waals surface area contributed by atoms with E-state index in [-0.39, 0.29) is 23.4 Å². The van der Waals surface area contributed by atoms with Gasteiger partial charge in [-0.1, -0.05) is 50.6 Å². The van der Waals surface area contributed by atoms with Gasteiger partial charge in [0.25, 0.3) is 11.5 Å². The van der Waals surface area contributed by atoms with Gasteiger partial charge in [0.1, 0.15) is 5.82 Å². The van der Waals surface area contributed by atoms with E-state index in [0.29, 0.717) is 29.5 Å². The minimum atomic E-state index is -0.294. The lowest BCUT2D eigenvalue weighted by molar-refractivity contribution is 0.0921. The predicted molar refractivity (Wildman–Crippen MR) is 126 cm³/mol. The monoisotopic (exact) mass is 432 g/mol. The van der Waals surface area contributed by atoms with Gasteiger partial charge in [-0.15, -0.1) is 0 Å². The number of methoxy groups -OCH3 is 1. The molecule has 0 spiro atoms. The van der Waals surface area contributed by atoms with Gasteiger partial charge < -0.3 is 19.6 Å². The number of aromatic nitrogens is 3. The summed E-state index contributed by atoms with van der Waals surface area (Å²) in [6.45, 7) is 4.94. The third kappa shape index (κ3) is 4.16. The third-order valence-corrected chi connectivity index (χ3v) is 5.98. The highest BCUT2D eigenvalue weighted by atomic mass is 16.5. The molecule has 0 saturated carbocycles. The first-order chi connectivity index (χ1) is 15.5. The number of benzene rings is 2. The van der Waals surface area contributed by atoms with Gasteiger partial charge in [0, 0.05) is 30.6 Å². The molecule has 0 aliphatic heterocycles. The Balaban J connectivity index is 1.75. The number of rotatable bonds is 8. The van der Waals surface area contributed by atoms with Crippen LogP contribution in [-0.4, -0.2) is 34.2 Å². The van der Waals surface area contributed by atoms with Gasteiger partial charge in [0.15, 0.2) is 0 Å². The number of nitrogens with one attached hydrogen (secondary N) is 2. The third-order valence-electron chi connectivity index (χ3n) is 5.98. The van der Waals surface area contributed by atoms with Crippen molar-refractivity contribution in [2.75, 3.05) is 13.7 Å². The molecule has 1 amide bonds. The summed E-state index contributed by atoms with van der Waals surface area (Å²) in [7, 11) is 1.59. The van der Waals surface area contributed by atoms with E-state index in [4.69, 9.17) is 9.72 Å². The van der Waals surface area contributed by atoms with Crippen molar-refractivity contribution in [3.05, 3.63) is 76.5 Å². The number of hydrogen-bond acceptors (Lipinski definition) is 4. The first-order valence-corrected chi connectivity index (χ1v) is 10.9. The van der Waals surface area contributed by atoms with Crippen molar-refractivity contribution >= 4 is 27.7 Å². The van der Waals surface area contributed by atoms with Crippen LogP contribution in [0.1, 0.15) is 42.5 Å². The fraction of sp³-hybridized carbons (Fsp3) is 0.320. The second kappa shape index (κ2) is 9.36. The fourth-order valence-electron chi connectivity index (χ4n) is 3.93. The minimum absolute atomic E-state index is 0.134. The Kier molecular flexibility index (Phi) is 6.37. The molecule has 0 fully saturated rings. The molecule has 166 valence electrons. The van der Waals surface area contributed by atoms with Gasteiger partial charge in [-0.3, -0.25) is 9.59 Å². The largest absolute Gasteiger partial charge is 0.383 e. The first kappa shape index (κ1) is 21.8. The number of nitrogens with zero attached hydrogens (tertiary/aromatic N) is 2. The zero-order valence-corrected chi connectivity index (χ0v) is 18.6. The molecule has 4 aromatic rings.